The number of rotatable bonds is 7. The summed E-state index contributed by atoms with van der Waals surface area (Å²) in [6.07, 6.45) is -0.977. The summed E-state index contributed by atoms with van der Waals surface area (Å²) in [5.41, 5.74) is 15.3. The molecule has 4 nitrogen and oxygen atoms in total. The van der Waals surface area contributed by atoms with Crippen LogP contribution < -0.4 is 11.5 Å². The topological polar surface area (TPSA) is 75.5 Å². The quantitative estimate of drug-likeness (QED) is 0.719. The molecule has 3 rings (SSSR count). The van der Waals surface area contributed by atoms with Crippen molar-refractivity contribution >= 4 is 0 Å². The maximum absolute atomic E-state index is 12.6. The fourth-order valence-electron chi connectivity index (χ4n) is 3.22. The largest absolute Gasteiger partial charge is 0.387 e. The summed E-state index contributed by atoms with van der Waals surface area (Å²) < 4.78 is 12.6. The van der Waals surface area contributed by atoms with E-state index < -0.39 is 18.8 Å². The first-order valence-electron chi connectivity index (χ1n) is 8.72. The van der Waals surface area contributed by atoms with E-state index in [1.54, 1.807) is 12.1 Å². The molecule has 0 amide bonds. The molecule has 25 heavy (non-hydrogen) atoms. The Labute approximate surface area is 148 Å². The summed E-state index contributed by atoms with van der Waals surface area (Å²) >= 11 is 0. The Morgan fingerprint density at radius 1 is 1.04 bits per heavy atom. The molecular formula is C20H26FN3O. The number of nitrogens with two attached hydrogens (primary N) is 2. The standard InChI is InChI=1S/C20H26FN3O/c21-9-19(23)20(25)18-7-5-17(6-8-18)16-3-1-14(2-4-16)11-24-12-15(10-22)13-24/h1-8,15,19-20,25H,9-13,22-23H2/t19-,20-/m1/s1. The zero-order valence-electron chi connectivity index (χ0n) is 14.3. The Hall–Kier alpha value is -1.79. The molecule has 5 heteroatoms. The minimum absolute atomic E-state index is 0.637. The molecule has 0 radical (unpaired) electrons. The van der Waals surface area contributed by atoms with Gasteiger partial charge in [0.1, 0.15) is 6.67 Å². The number of benzene rings is 2. The molecule has 1 heterocycles. The van der Waals surface area contributed by atoms with E-state index in [0.717, 1.165) is 37.3 Å². The third-order valence-electron chi connectivity index (χ3n) is 4.90. The van der Waals surface area contributed by atoms with Crippen LogP contribution in [0, 0.1) is 5.92 Å². The predicted molar refractivity (Wildman–Crippen MR) is 98.6 cm³/mol. The number of likely N-dealkylation sites (tertiary alicyclic amines) is 1. The van der Waals surface area contributed by atoms with E-state index in [-0.39, 0.29) is 0 Å². The van der Waals surface area contributed by atoms with Crippen molar-refractivity contribution in [1.82, 2.24) is 4.90 Å². The van der Waals surface area contributed by atoms with Crippen molar-refractivity contribution in [3.8, 4) is 11.1 Å². The maximum Gasteiger partial charge on any atom is 0.107 e. The molecule has 0 aromatic heterocycles. The molecule has 0 saturated carbocycles. The Kier molecular flexibility index (Phi) is 5.81. The summed E-state index contributed by atoms with van der Waals surface area (Å²) in [5.74, 6) is 0.652. The first kappa shape index (κ1) is 18.0. The summed E-state index contributed by atoms with van der Waals surface area (Å²) in [5, 5.41) is 9.96. The lowest BCUT2D eigenvalue weighted by Gasteiger charge is -2.38. The number of nitrogens with zero attached hydrogens (tertiary/aromatic N) is 1. The SMILES string of the molecule is NCC1CN(Cc2ccc(-c3ccc([C@@H](O)[C@H](N)CF)cc3)cc2)C1. The van der Waals surface area contributed by atoms with Gasteiger partial charge in [-0.25, -0.2) is 4.39 Å². The van der Waals surface area contributed by atoms with Crippen molar-refractivity contribution < 1.29 is 9.50 Å². The molecule has 5 N–H and O–H groups in total. The summed E-state index contributed by atoms with van der Waals surface area (Å²) in [6.45, 7) is 3.17. The first-order chi connectivity index (χ1) is 12.1. The molecular weight excluding hydrogens is 317 g/mol. The van der Waals surface area contributed by atoms with Crippen LogP contribution in [0.25, 0.3) is 11.1 Å². The van der Waals surface area contributed by atoms with Gasteiger partial charge >= 0.3 is 0 Å². The Morgan fingerprint density at radius 2 is 1.60 bits per heavy atom. The van der Waals surface area contributed by atoms with E-state index in [0.29, 0.717) is 11.5 Å². The third kappa shape index (κ3) is 4.25. The van der Waals surface area contributed by atoms with Crippen LogP contribution in [0.3, 0.4) is 0 Å². The summed E-state index contributed by atoms with van der Waals surface area (Å²) in [7, 11) is 0. The van der Waals surface area contributed by atoms with Gasteiger partial charge in [0.25, 0.3) is 0 Å². The molecule has 1 saturated heterocycles. The van der Waals surface area contributed by atoms with Crippen molar-refractivity contribution in [2.75, 3.05) is 26.3 Å². The van der Waals surface area contributed by atoms with Crippen molar-refractivity contribution in [1.29, 1.82) is 0 Å². The monoisotopic (exact) mass is 343 g/mol. The number of aliphatic hydroxyl groups excluding tert-OH is 1. The van der Waals surface area contributed by atoms with Gasteiger partial charge in [-0.1, -0.05) is 48.5 Å². The molecule has 2 aromatic rings. The minimum Gasteiger partial charge on any atom is -0.387 e. The maximum atomic E-state index is 12.6. The van der Waals surface area contributed by atoms with Gasteiger partial charge < -0.3 is 16.6 Å². The fraction of sp³-hybridized carbons (Fsp3) is 0.400. The van der Waals surface area contributed by atoms with Crippen LogP contribution in [0.15, 0.2) is 48.5 Å². The number of hydrogen-bond donors (Lipinski definition) is 3. The molecule has 1 aliphatic heterocycles. The van der Waals surface area contributed by atoms with Crippen molar-refractivity contribution in [3.63, 3.8) is 0 Å². The molecule has 2 atom stereocenters. The van der Waals surface area contributed by atoms with E-state index in [9.17, 15) is 9.50 Å². The van der Waals surface area contributed by atoms with Gasteiger partial charge in [-0.3, -0.25) is 4.90 Å². The highest BCUT2D eigenvalue weighted by molar-refractivity contribution is 5.64. The zero-order valence-corrected chi connectivity index (χ0v) is 14.3. The molecule has 2 aromatic carbocycles. The van der Waals surface area contributed by atoms with Crippen LogP contribution in [-0.4, -0.2) is 42.4 Å². The average molecular weight is 343 g/mol. The fourth-order valence-corrected chi connectivity index (χ4v) is 3.22. The van der Waals surface area contributed by atoms with Crippen LogP contribution in [0.5, 0.6) is 0 Å². The molecule has 1 fully saturated rings. The van der Waals surface area contributed by atoms with Gasteiger partial charge in [-0.2, -0.15) is 0 Å². The highest BCUT2D eigenvalue weighted by Gasteiger charge is 2.24. The predicted octanol–water partition coefficient (Wildman–Crippen LogP) is 2.07. The van der Waals surface area contributed by atoms with Crippen LogP contribution in [0.1, 0.15) is 17.2 Å². The third-order valence-corrected chi connectivity index (χ3v) is 4.90. The normalized spacial score (nSPS) is 17.9. The number of hydrogen-bond acceptors (Lipinski definition) is 4. The van der Waals surface area contributed by atoms with Gasteiger partial charge in [0, 0.05) is 19.6 Å². The molecule has 0 unspecified atom stereocenters. The van der Waals surface area contributed by atoms with Gasteiger partial charge in [0.15, 0.2) is 0 Å². The van der Waals surface area contributed by atoms with E-state index in [4.69, 9.17) is 11.5 Å². The second-order valence-corrected chi connectivity index (χ2v) is 6.88. The number of alkyl halides is 1. The summed E-state index contributed by atoms with van der Waals surface area (Å²) in [6, 6.07) is 15.1. The first-order valence-corrected chi connectivity index (χ1v) is 8.72. The second kappa shape index (κ2) is 8.06. The Morgan fingerprint density at radius 3 is 2.12 bits per heavy atom. The average Bonchev–Trinajstić information content (AvgIpc) is 2.63. The lowest BCUT2D eigenvalue weighted by atomic mass is 9.97. The smallest absolute Gasteiger partial charge is 0.107 e. The van der Waals surface area contributed by atoms with Crippen LogP contribution in [-0.2, 0) is 6.54 Å². The minimum atomic E-state index is -0.977. The molecule has 0 spiro atoms. The number of aliphatic hydroxyl groups is 1. The Bertz CT molecular complexity index is 668. The molecule has 134 valence electrons. The Balaban J connectivity index is 1.62. The molecule has 0 aliphatic carbocycles. The second-order valence-electron chi connectivity index (χ2n) is 6.88. The van der Waals surface area contributed by atoms with Gasteiger partial charge in [0.05, 0.1) is 12.1 Å². The lowest BCUT2D eigenvalue weighted by molar-refractivity contribution is 0.0979. The van der Waals surface area contributed by atoms with Crippen molar-refractivity contribution in [2.45, 2.75) is 18.7 Å². The van der Waals surface area contributed by atoms with E-state index in [1.165, 1.54) is 5.56 Å². The van der Waals surface area contributed by atoms with Gasteiger partial charge in [0.2, 0.25) is 0 Å². The van der Waals surface area contributed by atoms with Crippen LogP contribution in [0.4, 0.5) is 4.39 Å². The van der Waals surface area contributed by atoms with Crippen LogP contribution in [0.2, 0.25) is 0 Å². The van der Waals surface area contributed by atoms with E-state index in [2.05, 4.69) is 29.2 Å². The lowest BCUT2D eigenvalue weighted by Crippen LogP contribution is -2.49. The van der Waals surface area contributed by atoms with Crippen molar-refractivity contribution in [2.24, 2.45) is 17.4 Å². The van der Waals surface area contributed by atoms with E-state index >= 15 is 0 Å². The van der Waals surface area contributed by atoms with E-state index in [1.807, 2.05) is 12.1 Å². The van der Waals surface area contributed by atoms with Crippen molar-refractivity contribution in [3.05, 3.63) is 59.7 Å². The molecule has 1 aliphatic rings. The highest BCUT2D eigenvalue weighted by Crippen LogP contribution is 2.24. The number of halogens is 1. The summed E-state index contributed by atoms with van der Waals surface area (Å²) in [4.78, 5) is 2.40. The van der Waals surface area contributed by atoms with Crippen LogP contribution >= 0.6 is 0 Å². The van der Waals surface area contributed by atoms with Gasteiger partial charge in [-0.05, 0) is 34.7 Å². The zero-order chi connectivity index (χ0) is 17.8. The highest BCUT2D eigenvalue weighted by atomic mass is 19.1. The molecule has 0 bridgehead atoms. The van der Waals surface area contributed by atoms with Gasteiger partial charge in [-0.15, -0.1) is 0 Å².